The van der Waals surface area contributed by atoms with Gasteiger partial charge < -0.3 is 25.2 Å². The SMILES string of the molecule is CCNC(=O)COc1ccccc1OCC(O)CNC(C)C. The fourth-order valence-electron chi connectivity index (χ4n) is 1.70. The van der Waals surface area contributed by atoms with E-state index < -0.39 is 6.10 Å². The molecule has 0 fully saturated rings. The molecule has 1 rings (SSSR count). The van der Waals surface area contributed by atoms with E-state index in [1.807, 2.05) is 26.8 Å². The average Bonchev–Trinajstić information content (AvgIpc) is 2.50. The minimum Gasteiger partial charge on any atom is -0.487 e. The molecule has 3 N–H and O–H groups in total. The second-order valence-corrected chi connectivity index (χ2v) is 5.22. The zero-order valence-electron chi connectivity index (χ0n) is 13.5. The van der Waals surface area contributed by atoms with Gasteiger partial charge in [-0.05, 0) is 19.1 Å². The molecule has 0 heterocycles. The van der Waals surface area contributed by atoms with Crippen molar-refractivity contribution in [3.63, 3.8) is 0 Å². The highest BCUT2D eigenvalue weighted by Gasteiger charge is 2.10. The van der Waals surface area contributed by atoms with Crippen molar-refractivity contribution in [2.24, 2.45) is 0 Å². The quantitative estimate of drug-likeness (QED) is 0.599. The number of hydrogen-bond acceptors (Lipinski definition) is 5. The third kappa shape index (κ3) is 7.28. The number of para-hydroxylation sites is 2. The molecule has 6 nitrogen and oxygen atoms in total. The lowest BCUT2D eigenvalue weighted by atomic mass is 10.3. The molecule has 0 bridgehead atoms. The number of benzene rings is 1. The summed E-state index contributed by atoms with van der Waals surface area (Å²) in [7, 11) is 0. The van der Waals surface area contributed by atoms with Gasteiger partial charge >= 0.3 is 0 Å². The van der Waals surface area contributed by atoms with Crippen LogP contribution in [0, 0.1) is 0 Å². The number of nitrogens with one attached hydrogen (secondary N) is 2. The highest BCUT2D eigenvalue weighted by molar-refractivity contribution is 5.77. The van der Waals surface area contributed by atoms with Crippen LogP contribution in [-0.2, 0) is 4.79 Å². The zero-order chi connectivity index (χ0) is 16.4. The van der Waals surface area contributed by atoms with E-state index in [0.717, 1.165) is 0 Å². The largest absolute Gasteiger partial charge is 0.487 e. The third-order valence-corrected chi connectivity index (χ3v) is 2.77. The Morgan fingerprint density at radius 1 is 1.23 bits per heavy atom. The summed E-state index contributed by atoms with van der Waals surface area (Å²) in [6.07, 6.45) is -0.612. The first-order valence-corrected chi connectivity index (χ1v) is 7.55. The second kappa shape index (κ2) is 10.0. The highest BCUT2D eigenvalue weighted by atomic mass is 16.5. The number of likely N-dealkylation sites (N-methyl/N-ethyl adjacent to an activating group) is 1. The topological polar surface area (TPSA) is 79.8 Å². The van der Waals surface area contributed by atoms with Crippen molar-refractivity contribution in [2.75, 3.05) is 26.3 Å². The first-order valence-electron chi connectivity index (χ1n) is 7.55. The summed E-state index contributed by atoms with van der Waals surface area (Å²) in [5.41, 5.74) is 0. The fraction of sp³-hybridized carbons (Fsp3) is 0.562. The van der Waals surface area contributed by atoms with Crippen molar-refractivity contribution in [3.05, 3.63) is 24.3 Å². The second-order valence-electron chi connectivity index (χ2n) is 5.22. The Bertz CT molecular complexity index is 452. The van der Waals surface area contributed by atoms with Crippen LogP contribution in [0.4, 0.5) is 0 Å². The molecule has 22 heavy (non-hydrogen) atoms. The van der Waals surface area contributed by atoms with Crippen LogP contribution in [0.2, 0.25) is 0 Å². The van der Waals surface area contributed by atoms with Crippen LogP contribution >= 0.6 is 0 Å². The number of ether oxygens (including phenoxy) is 2. The van der Waals surface area contributed by atoms with Gasteiger partial charge in [-0.2, -0.15) is 0 Å². The molecule has 0 spiro atoms. The molecule has 1 atom stereocenters. The molecule has 0 aliphatic heterocycles. The Labute approximate surface area is 131 Å². The minimum atomic E-state index is -0.612. The maximum absolute atomic E-state index is 11.4. The van der Waals surface area contributed by atoms with Gasteiger partial charge in [-0.25, -0.2) is 0 Å². The van der Waals surface area contributed by atoms with Gasteiger partial charge in [-0.3, -0.25) is 4.79 Å². The van der Waals surface area contributed by atoms with Crippen LogP contribution in [0.5, 0.6) is 11.5 Å². The van der Waals surface area contributed by atoms with Crippen LogP contribution < -0.4 is 20.1 Å². The summed E-state index contributed by atoms with van der Waals surface area (Å²) < 4.78 is 11.0. The summed E-state index contributed by atoms with van der Waals surface area (Å²) in [5, 5.41) is 15.6. The maximum atomic E-state index is 11.4. The number of carbonyl (C=O) groups is 1. The van der Waals surface area contributed by atoms with Crippen molar-refractivity contribution in [1.29, 1.82) is 0 Å². The number of amides is 1. The van der Waals surface area contributed by atoms with E-state index in [2.05, 4.69) is 10.6 Å². The number of hydrogen-bond donors (Lipinski definition) is 3. The predicted octanol–water partition coefficient (Wildman–Crippen LogP) is 0.939. The normalized spacial score (nSPS) is 12.0. The predicted molar refractivity (Wildman–Crippen MR) is 85.3 cm³/mol. The number of rotatable bonds is 10. The fourth-order valence-corrected chi connectivity index (χ4v) is 1.70. The van der Waals surface area contributed by atoms with Gasteiger partial charge in [0.05, 0.1) is 0 Å². The lowest BCUT2D eigenvalue weighted by Crippen LogP contribution is -2.35. The molecule has 124 valence electrons. The van der Waals surface area contributed by atoms with Gasteiger partial charge in [-0.15, -0.1) is 0 Å². The standard InChI is InChI=1S/C16H26N2O4/c1-4-17-16(20)11-22-15-8-6-5-7-14(15)21-10-13(19)9-18-12(2)3/h5-8,12-13,18-19H,4,9-11H2,1-3H3,(H,17,20). The smallest absolute Gasteiger partial charge is 0.257 e. The molecule has 6 heteroatoms. The molecular weight excluding hydrogens is 284 g/mol. The number of carbonyl (C=O) groups excluding carboxylic acids is 1. The van der Waals surface area contributed by atoms with E-state index in [4.69, 9.17) is 9.47 Å². The Morgan fingerprint density at radius 3 is 2.45 bits per heavy atom. The summed E-state index contributed by atoms with van der Waals surface area (Å²) in [4.78, 5) is 11.4. The zero-order valence-corrected chi connectivity index (χ0v) is 13.5. The number of aliphatic hydroxyl groups is 1. The molecule has 0 aliphatic rings. The Morgan fingerprint density at radius 2 is 1.86 bits per heavy atom. The van der Waals surface area contributed by atoms with Crippen LogP contribution in [0.1, 0.15) is 20.8 Å². The summed E-state index contributed by atoms with van der Waals surface area (Å²) in [6, 6.07) is 7.40. The van der Waals surface area contributed by atoms with Crippen molar-refractivity contribution < 1.29 is 19.4 Å². The Hall–Kier alpha value is -1.79. The lowest BCUT2D eigenvalue weighted by Gasteiger charge is -2.16. The Balaban J connectivity index is 2.47. The third-order valence-electron chi connectivity index (χ3n) is 2.77. The average molecular weight is 310 g/mol. The van der Waals surface area contributed by atoms with Crippen LogP contribution in [-0.4, -0.2) is 49.5 Å². The molecule has 0 saturated heterocycles. The van der Waals surface area contributed by atoms with Crippen LogP contribution in [0.3, 0.4) is 0 Å². The minimum absolute atomic E-state index is 0.0638. The van der Waals surface area contributed by atoms with Gasteiger partial charge in [0.1, 0.15) is 12.7 Å². The van der Waals surface area contributed by atoms with Crippen LogP contribution in [0.15, 0.2) is 24.3 Å². The van der Waals surface area contributed by atoms with E-state index in [0.29, 0.717) is 30.6 Å². The molecule has 1 amide bonds. The molecule has 0 saturated carbocycles. The van der Waals surface area contributed by atoms with Gasteiger partial charge in [0.25, 0.3) is 5.91 Å². The lowest BCUT2D eigenvalue weighted by molar-refractivity contribution is -0.123. The summed E-state index contributed by atoms with van der Waals surface area (Å²) in [6.45, 7) is 6.99. The molecule has 1 unspecified atom stereocenters. The molecule has 0 aliphatic carbocycles. The van der Waals surface area contributed by atoms with E-state index >= 15 is 0 Å². The Kier molecular flexibility index (Phi) is 8.32. The highest BCUT2D eigenvalue weighted by Crippen LogP contribution is 2.26. The molecule has 1 aromatic rings. The first-order chi connectivity index (χ1) is 10.5. The van der Waals surface area contributed by atoms with Gasteiger partial charge in [0.2, 0.25) is 0 Å². The van der Waals surface area contributed by atoms with E-state index in [1.165, 1.54) is 0 Å². The molecule has 0 aromatic heterocycles. The van der Waals surface area contributed by atoms with Crippen molar-refractivity contribution in [2.45, 2.75) is 32.9 Å². The number of aliphatic hydroxyl groups excluding tert-OH is 1. The van der Waals surface area contributed by atoms with Crippen molar-refractivity contribution in [3.8, 4) is 11.5 Å². The maximum Gasteiger partial charge on any atom is 0.257 e. The van der Waals surface area contributed by atoms with Crippen LogP contribution in [0.25, 0.3) is 0 Å². The van der Waals surface area contributed by atoms with Crippen molar-refractivity contribution in [1.82, 2.24) is 10.6 Å². The molecule has 1 aromatic carbocycles. The molecular formula is C16H26N2O4. The van der Waals surface area contributed by atoms with Gasteiger partial charge in [0, 0.05) is 19.1 Å². The van der Waals surface area contributed by atoms with Gasteiger partial charge in [-0.1, -0.05) is 26.0 Å². The summed E-state index contributed by atoms with van der Waals surface area (Å²) >= 11 is 0. The summed E-state index contributed by atoms with van der Waals surface area (Å²) in [5.74, 6) is 0.812. The van der Waals surface area contributed by atoms with E-state index in [-0.39, 0.29) is 19.1 Å². The van der Waals surface area contributed by atoms with Crippen molar-refractivity contribution >= 4 is 5.91 Å². The van der Waals surface area contributed by atoms with Gasteiger partial charge in [0.15, 0.2) is 18.1 Å². The van der Waals surface area contributed by atoms with E-state index in [9.17, 15) is 9.90 Å². The first kappa shape index (κ1) is 18.3. The monoisotopic (exact) mass is 310 g/mol. The van der Waals surface area contributed by atoms with E-state index in [1.54, 1.807) is 18.2 Å². The molecule has 0 radical (unpaired) electrons.